The summed E-state index contributed by atoms with van der Waals surface area (Å²) in [6.07, 6.45) is 1.75. The fraction of sp³-hybridized carbons (Fsp3) is 0.444. The molecule has 1 aromatic heterocycles. The van der Waals surface area contributed by atoms with Crippen LogP contribution in [0.25, 0.3) is 0 Å². The molecule has 5 nitrogen and oxygen atoms in total. The van der Waals surface area contributed by atoms with Crippen molar-refractivity contribution in [2.24, 2.45) is 0 Å². The molecule has 134 valence electrons. The van der Waals surface area contributed by atoms with Crippen LogP contribution in [0.15, 0.2) is 18.2 Å². The fourth-order valence-corrected chi connectivity index (χ4v) is 3.56. The Morgan fingerprint density at radius 3 is 2.84 bits per heavy atom. The molecule has 1 fully saturated rings. The summed E-state index contributed by atoms with van der Waals surface area (Å²) < 4.78 is 27.3. The predicted molar refractivity (Wildman–Crippen MR) is 90.0 cm³/mol. The Morgan fingerprint density at radius 1 is 1.40 bits per heavy atom. The number of amides is 2. The summed E-state index contributed by atoms with van der Waals surface area (Å²) in [5.74, 6) is -1.84. The van der Waals surface area contributed by atoms with Crippen molar-refractivity contribution < 1.29 is 13.6 Å². The molecule has 2 atom stereocenters. The smallest absolute Gasteiger partial charge is 0.318 e. The molecule has 0 bridgehead atoms. The van der Waals surface area contributed by atoms with Gasteiger partial charge < -0.3 is 10.2 Å². The Kier molecular flexibility index (Phi) is 4.74. The second kappa shape index (κ2) is 6.82. The first-order chi connectivity index (χ1) is 11.9. The number of aromatic nitrogens is 2. The molecule has 2 amide bonds. The van der Waals surface area contributed by atoms with E-state index in [-0.39, 0.29) is 17.6 Å². The Labute approximate surface area is 145 Å². The van der Waals surface area contributed by atoms with E-state index in [4.69, 9.17) is 0 Å². The number of urea groups is 1. The Hall–Kier alpha value is -2.44. The summed E-state index contributed by atoms with van der Waals surface area (Å²) in [6, 6.07) is 3.02. The van der Waals surface area contributed by atoms with Crippen LogP contribution < -0.4 is 5.32 Å². The topological polar surface area (TPSA) is 61.0 Å². The Morgan fingerprint density at radius 2 is 2.16 bits per heavy atom. The molecule has 1 aliphatic heterocycles. The van der Waals surface area contributed by atoms with Gasteiger partial charge in [0.2, 0.25) is 0 Å². The third kappa shape index (κ3) is 3.23. The van der Waals surface area contributed by atoms with Crippen molar-refractivity contribution in [2.45, 2.75) is 45.7 Å². The van der Waals surface area contributed by atoms with Gasteiger partial charge in [-0.2, -0.15) is 5.10 Å². The number of nitrogens with zero attached hydrogens (tertiary/aromatic N) is 2. The van der Waals surface area contributed by atoms with Crippen LogP contribution in [0.3, 0.4) is 0 Å². The van der Waals surface area contributed by atoms with Crippen LogP contribution in [0.5, 0.6) is 0 Å². The van der Waals surface area contributed by atoms with Crippen molar-refractivity contribution in [3.63, 3.8) is 0 Å². The molecule has 1 aliphatic rings. The zero-order valence-electron chi connectivity index (χ0n) is 14.6. The van der Waals surface area contributed by atoms with Gasteiger partial charge in [-0.25, -0.2) is 13.6 Å². The summed E-state index contributed by atoms with van der Waals surface area (Å²) in [6.45, 7) is 6.13. The Bertz CT molecular complexity index is 770. The minimum atomic E-state index is -0.921. The van der Waals surface area contributed by atoms with Crippen LogP contribution in [0.1, 0.15) is 54.4 Å². The highest BCUT2D eigenvalue weighted by Gasteiger charge is 2.33. The summed E-state index contributed by atoms with van der Waals surface area (Å²) in [5, 5.41) is 9.95. The molecule has 2 aromatic rings. The standard InChI is InChI=1S/C18H22F2N4O/c1-10(13-6-4-7-14(19)17(13)20)21-18(25)24-9-5-8-15(24)16-11(2)22-23-12(16)3/h4,6-7,10,15H,5,8-9H2,1-3H3,(H,21,25)(H,22,23). The predicted octanol–water partition coefficient (Wildman–Crippen LogP) is 3.91. The number of aromatic amines is 1. The lowest BCUT2D eigenvalue weighted by atomic mass is 10.0. The first-order valence-electron chi connectivity index (χ1n) is 8.42. The lowest BCUT2D eigenvalue weighted by Crippen LogP contribution is -2.41. The number of benzene rings is 1. The van der Waals surface area contributed by atoms with E-state index in [1.54, 1.807) is 11.8 Å². The van der Waals surface area contributed by atoms with E-state index in [0.29, 0.717) is 6.54 Å². The highest BCUT2D eigenvalue weighted by Crippen LogP contribution is 2.35. The zero-order valence-corrected chi connectivity index (χ0v) is 14.6. The maximum absolute atomic E-state index is 13.9. The lowest BCUT2D eigenvalue weighted by Gasteiger charge is -2.27. The van der Waals surface area contributed by atoms with Crippen LogP contribution in [0, 0.1) is 25.5 Å². The van der Waals surface area contributed by atoms with Crippen LogP contribution >= 0.6 is 0 Å². The van der Waals surface area contributed by atoms with E-state index in [9.17, 15) is 13.6 Å². The maximum Gasteiger partial charge on any atom is 0.318 e. The maximum atomic E-state index is 13.9. The molecule has 7 heteroatoms. The molecule has 1 aromatic carbocycles. The second-order valence-corrected chi connectivity index (χ2v) is 6.51. The zero-order chi connectivity index (χ0) is 18.1. The number of carbonyl (C=O) groups excluding carboxylic acids is 1. The Balaban J connectivity index is 1.77. The lowest BCUT2D eigenvalue weighted by molar-refractivity contribution is 0.189. The monoisotopic (exact) mass is 348 g/mol. The third-order valence-electron chi connectivity index (χ3n) is 4.82. The van der Waals surface area contributed by atoms with E-state index in [0.717, 1.165) is 35.9 Å². The van der Waals surface area contributed by atoms with Crippen molar-refractivity contribution in [2.75, 3.05) is 6.54 Å². The summed E-state index contributed by atoms with van der Waals surface area (Å²) in [5.41, 5.74) is 3.01. The van der Waals surface area contributed by atoms with Gasteiger partial charge in [0.05, 0.1) is 17.8 Å². The average molecular weight is 348 g/mol. The number of hydrogen-bond acceptors (Lipinski definition) is 2. The molecule has 0 saturated carbocycles. The second-order valence-electron chi connectivity index (χ2n) is 6.51. The van der Waals surface area contributed by atoms with Crippen molar-refractivity contribution in [3.05, 3.63) is 52.3 Å². The van der Waals surface area contributed by atoms with Crippen LogP contribution in [0.4, 0.5) is 13.6 Å². The molecular weight excluding hydrogens is 326 g/mol. The van der Waals surface area contributed by atoms with Crippen molar-refractivity contribution >= 4 is 6.03 Å². The van der Waals surface area contributed by atoms with Gasteiger partial charge in [-0.3, -0.25) is 5.10 Å². The number of H-pyrrole nitrogens is 1. The van der Waals surface area contributed by atoms with Gasteiger partial charge in [-0.05, 0) is 39.7 Å². The van der Waals surface area contributed by atoms with Gasteiger partial charge in [-0.15, -0.1) is 0 Å². The summed E-state index contributed by atoms with van der Waals surface area (Å²) in [7, 11) is 0. The largest absolute Gasteiger partial charge is 0.331 e. The number of hydrogen-bond donors (Lipinski definition) is 2. The quantitative estimate of drug-likeness (QED) is 0.883. The van der Waals surface area contributed by atoms with E-state index in [1.165, 1.54) is 12.1 Å². The van der Waals surface area contributed by atoms with E-state index < -0.39 is 17.7 Å². The van der Waals surface area contributed by atoms with Crippen LogP contribution in [0.2, 0.25) is 0 Å². The van der Waals surface area contributed by atoms with Crippen molar-refractivity contribution in [1.29, 1.82) is 0 Å². The van der Waals surface area contributed by atoms with Gasteiger partial charge in [-0.1, -0.05) is 12.1 Å². The molecule has 0 spiro atoms. The van der Waals surface area contributed by atoms with E-state index in [2.05, 4.69) is 15.5 Å². The molecule has 2 heterocycles. The first-order valence-corrected chi connectivity index (χ1v) is 8.42. The first kappa shape index (κ1) is 17.4. The molecule has 0 radical (unpaired) electrons. The highest BCUT2D eigenvalue weighted by atomic mass is 19.2. The number of aryl methyl sites for hydroxylation is 2. The molecule has 25 heavy (non-hydrogen) atoms. The third-order valence-corrected chi connectivity index (χ3v) is 4.82. The number of rotatable bonds is 3. The number of likely N-dealkylation sites (tertiary alicyclic amines) is 1. The van der Waals surface area contributed by atoms with E-state index >= 15 is 0 Å². The van der Waals surface area contributed by atoms with E-state index in [1.807, 2.05) is 13.8 Å². The average Bonchev–Trinajstić information content (AvgIpc) is 3.16. The normalized spacial score (nSPS) is 18.4. The van der Waals surface area contributed by atoms with Crippen LogP contribution in [-0.2, 0) is 0 Å². The van der Waals surface area contributed by atoms with Gasteiger partial charge in [0.15, 0.2) is 11.6 Å². The minimum Gasteiger partial charge on any atom is -0.331 e. The molecule has 2 N–H and O–H groups in total. The molecule has 1 saturated heterocycles. The van der Waals surface area contributed by atoms with Gasteiger partial charge in [0.25, 0.3) is 0 Å². The molecular formula is C18H22F2N4O. The van der Waals surface area contributed by atoms with Gasteiger partial charge >= 0.3 is 6.03 Å². The van der Waals surface area contributed by atoms with Crippen molar-refractivity contribution in [1.82, 2.24) is 20.4 Å². The molecule has 2 unspecified atom stereocenters. The van der Waals surface area contributed by atoms with Crippen molar-refractivity contribution in [3.8, 4) is 0 Å². The molecule has 0 aliphatic carbocycles. The summed E-state index contributed by atoms with van der Waals surface area (Å²) >= 11 is 0. The number of halogens is 2. The fourth-order valence-electron chi connectivity index (χ4n) is 3.56. The van der Waals surface area contributed by atoms with Gasteiger partial charge in [0.1, 0.15) is 0 Å². The van der Waals surface area contributed by atoms with Crippen LogP contribution in [-0.4, -0.2) is 27.7 Å². The highest BCUT2D eigenvalue weighted by molar-refractivity contribution is 5.75. The number of nitrogens with one attached hydrogen (secondary N) is 2. The number of carbonyl (C=O) groups is 1. The van der Waals surface area contributed by atoms with Gasteiger partial charge in [0, 0.05) is 23.4 Å². The SMILES string of the molecule is Cc1n[nH]c(C)c1C1CCCN1C(=O)NC(C)c1cccc(F)c1F. The minimum absolute atomic E-state index is 0.0525. The molecule has 3 rings (SSSR count). The summed E-state index contributed by atoms with van der Waals surface area (Å²) in [4.78, 5) is 14.5.